The second kappa shape index (κ2) is 7.32. The number of phenols is 1. The van der Waals surface area contributed by atoms with Crippen LogP contribution in [0.2, 0.25) is 0 Å². The highest BCUT2D eigenvalue weighted by Crippen LogP contribution is 2.31. The summed E-state index contributed by atoms with van der Waals surface area (Å²) in [6.45, 7) is 4.86. The number of ether oxygens (including phenoxy) is 2. The van der Waals surface area contributed by atoms with Crippen molar-refractivity contribution in [2.75, 3.05) is 26.4 Å². The van der Waals surface area contributed by atoms with E-state index in [1.54, 1.807) is 18.2 Å². The zero-order valence-electron chi connectivity index (χ0n) is 13.6. The summed E-state index contributed by atoms with van der Waals surface area (Å²) in [5.74, 6) is 0.682. The molecule has 3 rings (SSSR count). The second-order valence-corrected chi connectivity index (χ2v) is 6.58. The van der Waals surface area contributed by atoms with E-state index < -0.39 is 0 Å². The Hall–Kier alpha value is -1.59. The van der Waals surface area contributed by atoms with E-state index in [1.165, 1.54) is 0 Å². The maximum atomic E-state index is 12.6. The normalized spacial score (nSPS) is 26.0. The molecule has 0 spiro atoms. The largest absolute Gasteiger partial charge is 0.507 e. The van der Waals surface area contributed by atoms with Crippen LogP contribution in [-0.2, 0) is 9.47 Å². The van der Waals surface area contributed by atoms with Crippen molar-refractivity contribution in [3.8, 4) is 5.75 Å². The van der Waals surface area contributed by atoms with E-state index in [0.29, 0.717) is 30.6 Å². The summed E-state index contributed by atoms with van der Waals surface area (Å²) in [4.78, 5) is 12.6. The highest BCUT2D eigenvalue weighted by molar-refractivity contribution is 5.97. The van der Waals surface area contributed by atoms with Crippen molar-refractivity contribution in [3.63, 3.8) is 0 Å². The predicted octanol–water partition coefficient (Wildman–Crippen LogP) is 2.26. The number of carbonyl (C=O) groups is 1. The van der Waals surface area contributed by atoms with Crippen LogP contribution in [0, 0.1) is 18.8 Å². The first-order valence-electron chi connectivity index (χ1n) is 8.41. The molecule has 0 saturated carbocycles. The fourth-order valence-electron chi connectivity index (χ4n) is 3.63. The lowest BCUT2D eigenvalue weighted by Gasteiger charge is -2.39. The van der Waals surface area contributed by atoms with E-state index in [-0.39, 0.29) is 17.7 Å². The Labute approximate surface area is 137 Å². The summed E-state index contributed by atoms with van der Waals surface area (Å²) in [5.41, 5.74) is 1.31. The van der Waals surface area contributed by atoms with Crippen molar-refractivity contribution in [2.45, 2.75) is 32.2 Å². The molecule has 2 aliphatic rings. The number of carbonyl (C=O) groups excluding carboxylic acids is 1. The molecule has 0 bridgehead atoms. The molecule has 23 heavy (non-hydrogen) atoms. The third kappa shape index (κ3) is 3.85. The quantitative estimate of drug-likeness (QED) is 0.897. The molecule has 0 aromatic heterocycles. The molecule has 0 aliphatic carbocycles. The van der Waals surface area contributed by atoms with Crippen LogP contribution in [0.1, 0.15) is 35.2 Å². The molecule has 2 aliphatic heterocycles. The first kappa shape index (κ1) is 16.3. The number of aromatic hydroxyl groups is 1. The number of amides is 1. The first-order valence-corrected chi connectivity index (χ1v) is 8.41. The molecule has 2 atom stereocenters. The molecule has 126 valence electrons. The molecule has 0 radical (unpaired) electrons. The van der Waals surface area contributed by atoms with Gasteiger partial charge in [-0.05, 0) is 44.2 Å². The number of phenolic OH excluding ortho intramolecular Hbond substituents is 1. The molecule has 2 heterocycles. The summed E-state index contributed by atoms with van der Waals surface area (Å²) in [5, 5.41) is 13.1. The minimum absolute atomic E-state index is 0.0303. The van der Waals surface area contributed by atoms with Crippen LogP contribution >= 0.6 is 0 Å². The van der Waals surface area contributed by atoms with E-state index in [0.717, 1.165) is 38.0 Å². The Balaban J connectivity index is 1.71. The van der Waals surface area contributed by atoms with Gasteiger partial charge in [-0.15, -0.1) is 0 Å². The molecule has 1 amide bonds. The predicted molar refractivity (Wildman–Crippen MR) is 86.6 cm³/mol. The van der Waals surface area contributed by atoms with Crippen LogP contribution in [0.4, 0.5) is 0 Å². The molecule has 0 unspecified atom stereocenters. The number of rotatable bonds is 3. The zero-order chi connectivity index (χ0) is 16.2. The van der Waals surface area contributed by atoms with Crippen LogP contribution < -0.4 is 5.32 Å². The van der Waals surface area contributed by atoms with E-state index in [4.69, 9.17) is 9.47 Å². The molecule has 1 aromatic rings. The molecule has 2 saturated heterocycles. The highest BCUT2D eigenvalue weighted by atomic mass is 16.5. The van der Waals surface area contributed by atoms with Crippen LogP contribution in [0.3, 0.4) is 0 Å². The summed E-state index contributed by atoms with van der Waals surface area (Å²) < 4.78 is 11.1. The van der Waals surface area contributed by atoms with Gasteiger partial charge in [0.1, 0.15) is 5.75 Å². The van der Waals surface area contributed by atoms with Gasteiger partial charge in [-0.2, -0.15) is 0 Å². The monoisotopic (exact) mass is 319 g/mol. The fourth-order valence-corrected chi connectivity index (χ4v) is 3.63. The van der Waals surface area contributed by atoms with Crippen LogP contribution in [0.5, 0.6) is 5.75 Å². The van der Waals surface area contributed by atoms with Gasteiger partial charge in [0, 0.05) is 31.8 Å². The molecular formula is C18H25NO4. The van der Waals surface area contributed by atoms with Gasteiger partial charge in [0.25, 0.3) is 5.91 Å². The number of aryl methyl sites for hydroxylation is 1. The molecule has 5 heteroatoms. The lowest BCUT2D eigenvalue weighted by Crippen LogP contribution is -2.49. The number of hydrogen-bond acceptors (Lipinski definition) is 4. The Morgan fingerprint density at radius 2 is 1.91 bits per heavy atom. The Morgan fingerprint density at radius 1 is 1.17 bits per heavy atom. The van der Waals surface area contributed by atoms with Crippen molar-refractivity contribution in [2.24, 2.45) is 11.8 Å². The minimum Gasteiger partial charge on any atom is -0.507 e. The van der Waals surface area contributed by atoms with Crippen LogP contribution in [-0.4, -0.2) is 43.5 Å². The molecule has 5 nitrogen and oxygen atoms in total. The van der Waals surface area contributed by atoms with E-state index >= 15 is 0 Å². The van der Waals surface area contributed by atoms with Gasteiger partial charge in [-0.3, -0.25) is 4.79 Å². The first-order chi connectivity index (χ1) is 11.1. The molecular weight excluding hydrogens is 294 g/mol. The van der Waals surface area contributed by atoms with Crippen molar-refractivity contribution < 1.29 is 19.4 Å². The van der Waals surface area contributed by atoms with Crippen molar-refractivity contribution in [1.29, 1.82) is 0 Å². The van der Waals surface area contributed by atoms with Gasteiger partial charge in [0.15, 0.2) is 0 Å². The molecule has 2 fully saturated rings. The Morgan fingerprint density at radius 3 is 2.70 bits per heavy atom. The maximum absolute atomic E-state index is 12.6. The Kier molecular flexibility index (Phi) is 5.18. The highest BCUT2D eigenvalue weighted by Gasteiger charge is 2.34. The van der Waals surface area contributed by atoms with Gasteiger partial charge in [0.05, 0.1) is 12.2 Å². The summed E-state index contributed by atoms with van der Waals surface area (Å²) in [7, 11) is 0. The molecule has 1 aromatic carbocycles. The average Bonchev–Trinajstić information content (AvgIpc) is 2.58. The summed E-state index contributed by atoms with van der Waals surface area (Å²) >= 11 is 0. The van der Waals surface area contributed by atoms with Gasteiger partial charge in [-0.25, -0.2) is 0 Å². The van der Waals surface area contributed by atoms with Gasteiger partial charge in [0.2, 0.25) is 0 Å². The molecule has 2 N–H and O–H groups in total. The fraction of sp³-hybridized carbons (Fsp3) is 0.611. The summed E-state index contributed by atoms with van der Waals surface area (Å²) in [6.07, 6.45) is 2.87. The van der Waals surface area contributed by atoms with Crippen molar-refractivity contribution in [3.05, 3.63) is 29.3 Å². The number of benzene rings is 1. The third-order valence-corrected chi connectivity index (χ3v) is 4.98. The Bertz CT molecular complexity index is 554. The zero-order valence-corrected chi connectivity index (χ0v) is 13.6. The van der Waals surface area contributed by atoms with Gasteiger partial charge < -0.3 is 19.9 Å². The van der Waals surface area contributed by atoms with Gasteiger partial charge >= 0.3 is 0 Å². The minimum atomic E-state index is -0.199. The van der Waals surface area contributed by atoms with E-state index in [1.807, 2.05) is 6.92 Å². The van der Waals surface area contributed by atoms with E-state index in [2.05, 4.69) is 5.32 Å². The number of hydrogen-bond donors (Lipinski definition) is 2. The van der Waals surface area contributed by atoms with E-state index in [9.17, 15) is 9.90 Å². The third-order valence-electron chi connectivity index (χ3n) is 4.98. The standard InChI is InChI=1S/C18H25NO4/c1-12-2-3-17(20)14(10-12)18(21)19-16-6-9-23-11-15(16)13-4-7-22-8-5-13/h2-3,10,13,15-16,20H,4-9,11H2,1H3,(H,19,21)/t15-,16-/m1/s1. The van der Waals surface area contributed by atoms with Gasteiger partial charge in [-0.1, -0.05) is 11.6 Å². The number of nitrogens with one attached hydrogen (secondary N) is 1. The lowest BCUT2D eigenvalue weighted by molar-refractivity contribution is -0.0259. The SMILES string of the molecule is Cc1ccc(O)c(C(=O)N[C@@H]2CCOC[C@@H]2C2CCOCC2)c1. The average molecular weight is 319 g/mol. The summed E-state index contributed by atoms with van der Waals surface area (Å²) in [6, 6.07) is 5.20. The van der Waals surface area contributed by atoms with Crippen molar-refractivity contribution in [1.82, 2.24) is 5.32 Å². The smallest absolute Gasteiger partial charge is 0.255 e. The maximum Gasteiger partial charge on any atom is 0.255 e. The van der Waals surface area contributed by atoms with Crippen LogP contribution in [0.25, 0.3) is 0 Å². The lowest BCUT2D eigenvalue weighted by atomic mass is 9.79. The topological polar surface area (TPSA) is 67.8 Å². The van der Waals surface area contributed by atoms with Crippen LogP contribution in [0.15, 0.2) is 18.2 Å². The second-order valence-electron chi connectivity index (χ2n) is 6.58. The van der Waals surface area contributed by atoms with Crippen molar-refractivity contribution >= 4 is 5.91 Å².